The average Bonchev–Trinajstić information content (AvgIpc) is 2.77. The Morgan fingerprint density at radius 2 is 1.74 bits per heavy atom. The van der Waals surface area contributed by atoms with Crippen LogP contribution in [0.2, 0.25) is 0 Å². The molecule has 0 saturated heterocycles. The predicted molar refractivity (Wildman–Crippen MR) is 122 cm³/mol. The van der Waals surface area contributed by atoms with Gasteiger partial charge in [0.2, 0.25) is 11.8 Å². The predicted octanol–water partition coefficient (Wildman–Crippen LogP) is 2.46. The van der Waals surface area contributed by atoms with E-state index in [1.807, 2.05) is 32.0 Å². The number of nitrogens with one attached hydrogen (secondary N) is 4. The highest BCUT2D eigenvalue weighted by Crippen LogP contribution is 2.29. The van der Waals surface area contributed by atoms with Crippen molar-refractivity contribution in [3.8, 4) is 0 Å². The molecular weight excluding hydrogens is 449 g/mol. The molecule has 0 radical (unpaired) electrons. The third kappa shape index (κ3) is 8.18. The van der Waals surface area contributed by atoms with Crippen molar-refractivity contribution < 1.29 is 27.6 Å². The molecule has 34 heavy (non-hydrogen) atoms. The van der Waals surface area contributed by atoms with Gasteiger partial charge in [-0.1, -0.05) is 29.8 Å². The Morgan fingerprint density at radius 3 is 2.38 bits per heavy atom. The average molecular weight is 479 g/mol. The molecule has 2 rings (SSSR count). The Morgan fingerprint density at radius 1 is 1.00 bits per heavy atom. The quantitative estimate of drug-likeness (QED) is 0.422. The fourth-order valence-corrected chi connectivity index (χ4v) is 3.25. The van der Waals surface area contributed by atoms with Gasteiger partial charge < -0.3 is 21.3 Å². The van der Waals surface area contributed by atoms with Crippen LogP contribution in [-0.2, 0) is 22.3 Å². The van der Waals surface area contributed by atoms with E-state index in [0.717, 1.165) is 28.8 Å². The van der Waals surface area contributed by atoms with Gasteiger partial charge >= 0.3 is 6.18 Å². The first-order chi connectivity index (χ1) is 16.0. The van der Waals surface area contributed by atoms with Gasteiger partial charge in [0.05, 0.1) is 12.1 Å². The maximum atomic E-state index is 12.8. The lowest BCUT2D eigenvalue weighted by Gasteiger charge is -2.19. The fraction of sp³-hybridized carbons (Fsp3) is 0.375. The number of amides is 3. The van der Waals surface area contributed by atoms with Gasteiger partial charge in [-0.3, -0.25) is 14.4 Å². The number of rotatable bonds is 10. The molecule has 0 heterocycles. The molecule has 10 heteroatoms. The maximum Gasteiger partial charge on any atom is 0.416 e. The smallest absolute Gasteiger partial charge is 0.355 e. The molecule has 184 valence electrons. The van der Waals surface area contributed by atoms with E-state index in [0.29, 0.717) is 19.2 Å². The van der Waals surface area contributed by atoms with Crippen LogP contribution in [0.1, 0.15) is 39.5 Å². The Bertz CT molecular complexity index is 1020. The number of likely N-dealkylation sites (N-methyl/N-ethyl adjacent to an activating group) is 1. The maximum absolute atomic E-state index is 12.8. The molecule has 0 aliphatic carbocycles. The van der Waals surface area contributed by atoms with Crippen molar-refractivity contribution in [3.05, 3.63) is 70.3 Å². The van der Waals surface area contributed by atoms with E-state index in [4.69, 9.17) is 0 Å². The first kappa shape index (κ1) is 26.8. The Kier molecular flexibility index (Phi) is 9.61. The summed E-state index contributed by atoms with van der Waals surface area (Å²) in [7, 11) is 0. The third-order valence-corrected chi connectivity index (χ3v) is 5.03. The van der Waals surface area contributed by atoms with E-state index >= 15 is 0 Å². The van der Waals surface area contributed by atoms with Crippen LogP contribution in [0.4, 0.5) is 13.2 Å². The van der Waals surface area contributed by atoms with Crippen molar-refractivity contribution >= 4 is 17.7 Å². The Hall–Kier alpha value is -3.40. The highest BCUT2D eigenvalue weighted by Gasteiger charge is 2.31. The molecular formula is C24H29F3N4O3. The summed E-state index contributed by atoms with van der Waals surface area (Å²) in [6.45, 7) is 6.24. The van der Waals surface area contributed by atoms with E-state index in [1.54, 1.807) is 6.92 Å². The van der Waals surface area contributed by atoms with Crippen LogP contribution >= 0.6 is 0 Å². The summed E-state index contributed by atoms with van der Waals surface area (Å²) >= 11 is 0. The van der Waals surface area contributed by atoms with Crippen LogP contribution in [0, 0.1) is 13.8 Å². The van der Waals surface area contributed by atoms with Gasteiger partial charge in [0.1, 0.15) is 6.04 Å². The molecule has 0 fully saturated rings. The second-order valence-electron chi connectivity index (χ2n) is 7.84. The van der Waals surface area contributed by atoms with Crippen LogP contribution in [0.5, 0.6) is 0 Å². The van der Waals surface area contributed by atoms with Crippen LogP contribution < -0.4 is 21.3 Å². The van der Waals surface area contributed by atoms with Crippen LogP contribution in [0.25, 0.3) is 0 Å². The molecule has 0 bridgehead atoms. The summed E-state index contributed by atoms with van der Waals surface area (Å²) in [5.74, 6) is -1.87. The molecule has 3 amide bonds. The number of benzene rings is 2. The highest BCUT2D eigenvalue weighted by atomic mass is 19.4. The van der Waals surface area contributed by atoms with Crippen molar-refractivity contribution in [1.29, 1.82) is 0 Å². The molecule has 0 aromatic heterocycles. The molecule has 1 atom stereocenters. The first-order valence-corrected chi connectivity index (χ1v) is 10.8. The molecule has 7 nitrogen and oxygen atoms in total. The Balaban J connectivity index is 1.93. The van der Waals surface area contributed by atoms with Gasteiger partial charge in [-0.05, 0) is 50.1 Å². The lowest BCUT2D eigenvalue weighted by Crippen LogP contribution is -2.53. The third-order valence-electron chi connectivity index (χ3n) is 5.03. The minimum absolute atomic E-state index is 0.145. The number of aryl methyl sites for hydroxylation is 2. The number of hydrogen-bond donors (Lipinski definition) is 4. The summed E-state index contributed by atoms with van der Waals surface area (Å²) in [6, 6.07) is 9.02. The number of carbonyl (C=O) groups excluding carboxylic acids is 3. The lowest BCUT2D eigenvalue weighted by atomic mass is 10.1. The van der Waals surface area contributed by atoms with Crippen molar-refractivity contribution in [2.45, 2.75) is 39.5 Å². The molecule has 0 aliphatic rings. The van der Waals surface area contributed by atoms with E-state index in [2.05, 4.69) is 21.3 Å². The molecule has 2 aromatic carbocycles. The van der Waals surface area contributed by atoms with Gasteiger partial charge in [0, 0.05) is 25.2 Å². The topological polar surface area (TPSA) is 99.3 Å². The summed E-state index contributed by atoms with van der Waals surface area (Å²) in [6.07, 6.45) is -4.59. The second kappa shape index (κ2) is 12.2. The van der Waals surface area contributed by atoms with Crippen molar-refractivity contribution in [1.82, 2.24) is 21.3 Å². The summed E-state index contributed by atoms with van der Waals surface area (Å²) in [5, 5.41) is 10.6. The van der Waals surface area contributed by atoms with Crippen LogP contribution in [0.15, 0.2) is 42.5 Å². The number of carbonyl (C=O) groups is 3. The molecule has 4 N–H and O–H groups in total. The van der Waals surface area contributed by atoms with Gasteiger partial charge in [-0.2, -0.15) is 13.2 Å². The van der Waals surface area contributed by atoms with Gasteiger partial charge in [-0.15, -0.1) is 0 Å². The molecule has 2 aromatic rings. The SMILES string of the molecule is CCNC(=O)[C@@H](CNCc1ccc(C)cc1C)NC(=O)CNC(=O)c1cccc(C(F)(F)F)c1. The van der Waals surface area contributed by atoms with Crippen LogP contribution in [0.3, 0.4) is 0 Å². The fourth-order valence-electron chi connectivity index (χ4n) is 3.25. The lowest BCUT2D eigenvalue weighted by molar-refractivity contribution is -0.137. The summed E-state index contributed by atoms with van der Waals surface area (Å²) in [4.78, 5) is 36.9. The number of alkyl halides is 3. The second-order valence-corrected chi connectivity index (χ2v) is 7.84. The van der Waals surface area contributed by atoms with Gasteiger partial charge in [-0.25, -0.2) is 0 Å². The van der Waals surface area contributed by atoms with Gasteiger partial charge in [0.25, 0.3) is 5.91 Å². The number of halogens is 3. The largest absolute Gasteiger partial charge is 0.416 e. The van der Waals surface area contributed by atoms with E-state index in [-0.39, 0.29) is 12.1 Å². The van der Waals surface area contributed by atoms with E-state index in [9.17, 15) is 27.6 Å². The minimum Gasteiger partial charge on any atom is -0.355 e. The zero-order valence-corrected chi connectivity index (χ0v) is 19.3. The minimum atomic E-state index is -4.59. The zero-order chi connectivity index (χ0) is 25.3. The normalized spacial score (nSPS) is 12.1. The highest BCUT2D eigenvalue weighted by molar-refractivity contribution is 5.97. The molecule has 0 saturated carbocycles. The zero-order valence-electron chi connectivity index (χ0n) is 19.3. The van der Waals surface area contributed by atoms with Crippen molar-refractivity contribution in [2.75, 3.05) is 19.6 Å². The molecule has 0 spiro atoms. The summed E-state index contributed by atoms with van der Waals surface area (Å²) < 4.78 is 38.5. The van der Waals surface area contributed by atoms with Crippen molar-refractivity contribution in [2.24, 2.45) is 0 Å². The Labute approximate surface area is 196 Å². The van der Waals surface area contributed by atoms with Crippen LogP contribution in [-0.4, -0.2) is 43.4 Å². The van der Waals surface area contributed by atoms with Crippen molar-refractivity contribution in [3.63, 3.8) is 0 Å². The summed E-state index contributed by atoms with van der Waals surface area (Å²) in [5.41, 5.74) is 2.11. The number of hydrogen-bond acceptors (Lipinski definition) is 4. The van der Waals surface area contributed by atoms with E-state index in [1.165, 1.54) is 6.07 Å². The molecule has 0 aliphatic heterocycles. The van der Waals surface area contributed by atoms with Gasteiger partial charge in [0.15, 0.2) is 0 Å². The monoisotopic (exact) mass is 478 g/mol. The molecule has 0 unspecified atom stereocenters. The standard InChI is InChI=1S/C24H29F3N4O3/c1-4-29-23(34)20(13-28-12-18-9-8-15(2)10-16(18)3)31-21(32)14-30-22(33)17-6-5-7-19(11-17)24(25,26)27/h5-11,20,28H,4,12-14H2,1-3H3,(H,29,34)(H,30,33)(H,31,32)/t20-/m1/s1. The van der Waals surface area contributed by atoms with E-state index < -0.39 is 42.0 Å². The first-order valence-electron chi connectivity index (χ1n) is 10.8.